The molecule has 5 nitrogen and oxygen atoms in total. The van der Waals surface area contributed by atoms with Crippen molar-refractivity contribution in [2.45, 2.75) is 38.4 Å². The highest BCUT2D eigenvalue weighted by Gasteiger charge is 2.27. The molecule has 29 heavy (non-hydrogen) atoms. The lowest BCUT2D eigenvalue weighted by Gasteiger charge is -2.11. The molecule has 0 saturated heterocycles. The summed E-state index contributed by atoms with van der Waals surface area (Å²) in [5, 5.41) is 4.96. The van der Waals surface area contributed by atoms with Crippen LogP contribution in [0.3, 0.4) is 0 Å². The van der Waals surface area contributed by atoms with Gasteiger partial charge < -0.3 is 10.6 Å². The summed E-state index contributed by atoms with van der Waals surface area (Å²) in [5.74, 6) is -1.61. The van der Waals surface area contributed by atoms with E-state index in [1.807, 2.05) is 0 Å². The van der Waals surface area contributed by atoms with Crippen LogP contribution in [0.4, 0.5) is 17.6 Å². The lowest BCUT2D eigenvalue weighted by molar-refractivity contribution is -0.133. The molecule has 0 aliphatic heterocycles. The van der Waals surface area contributed by atoms with Gasteiger partial charge in [0.2, 0.25) is 0 Å². The van der Waals surface area contributed by atoms with Crippen LogP contribution >= 0.6 is 0 Å². The van der Waals surface area contributed by atoms with E-state index in [1.54, 1.807) is 6.92 Å². The number of hydrogen-bond acceptors (Lipinski definition) is 3. The van der Waals surface area contributed by atoms with Crippen LogP contribution < -0.4 is 10.6 Å². The third kappa shape index (κ3) is 5.52. The number of aromatic nitrogens is 1. The van der Waals surface area contributed by atoms with E-state index in [9.17, 15) is 27.2 Å². The van der Waals surface area contributed by atoms with Gasteiger partial charge in [0, 0.05) is 29.9 Å². The summed E-state index contributed by atoms with van der Waals surface area (Å²) in [6, 6.07) is 5.67. The Morgan fingerprint density at radius 1 is 1.14 bits per heavy atom. The Morgan fingerprint density at radius 3 is 2.45 bits per heavy atom. The first kappa shape index (κ1) is 20.8. The smallest absolute Gasteiger partial charge is 0.352 e. The van der Waals surface area contributed by atoms with Crippen LogP contribution in [0.5, 0.6) is 0 Å². The van der Waals surface area contributed by atoms with Gasteiger partial charge in [-0.25, -0.2) is 4.39 Å². The summed E-state index contributed by atoms with van der Waals surface area (Å²) in [6.45, 7) is 1.01. The van der Waals surface area contributed by atoms with Crippen LogP contribution in [0.1, 0.15) is 45.5 Å². The lowest BCUT2D eigenvalue weighted by Crippen LogP contribution is -2.28. The van der Waals surface area contributed by atoms with Gasteiger partial charge in [-0.15, -0.1) is 0 Å². The van der Waals surface area contributed by atoms with Gasteiger partial charge in [-0.1, -0.05) is 0 Å². The molecule has 1 heterocycles. The average molecular weight is 409 g/mol. The molecule has 0 bridgehead atoms. The van der Waals surface area contributed by atoms with Crippen LogP contribution in [0.15, 0.2) is 30.5 Å². The van der Waals surface area contributed by atoms with Crippen LogP contribution in [0.25, 0.3) is 11.3 Å². The van der Waals surface area contributed by atoms with Crippen molar-refractivity contribution in [3.8, 4) is 11.3 Å². The summed E-state index contributed by atoms with van der Waals surface area (Å²) in [4.78, 5) is 28.3. The quantitative estimate of drug-likeness (QED) is 0.714. The summed E-state index contributed by atoms with van der Waals surface area (Å²) in [5.41, 5.74) is 1.29. The first-order valence-electron chi connectivity index (χ1n) is 9.06. The van der Waals surface area contributed by atoms with Crippen molar-refractivity contribution in [1.82, 2.24) is 15.6 Å². The Hall–Kier alpha value is -2.97. The van der Waals surface area contributed by atoms with Crippen LogP contribution in [0, 0.1) is 12.7 Å². The van der Waals surface area contributed by atoms with Crippen molar-refractivity contribution >= 4 is 11.8 Å². The Bertz CT molecular complexity index is 923. The summed E-state index contributed by atoms with van der Waals surface area (Å²) >= 11 is 0. The molecule has 0 atom stereocenters. The molecule has 1 aliphatic carbocycles. The number of nitrogens with zero attached hydrogens (tertiary/aromatic N) is 1. The molecule has 1 aromatic heterocycles. The van der Waals surface area contributed by atoms with E-state index in [-0.39, 0.29) is 23.1 Å². The Labute approximate surface area is 164 Å². The van der Waals surface area contributed by atoms with E-state index < -0.39 is 30.9 Å². The highest BCUT2D eigenvalue weighted by Crippen LogP contribution is 2.27. The molecule has 3 rings (SSSR count). The third-order valence-corrected chi connectivity index (χ3v) is 4.51. The fourth-order valence-corrected chi connectivity index (χ4v) is 2.68. The molecule has 0 spiro atoms. The highest BCUT2D eigenvalue weighted by atomic mass is 19.4. The first-order valence-corrected chi connectivity index (χ1v) is 9.06. The summed E-state index contributed by atoms with van der Waals surface area (Å²) < 4.78 is 50.8. The van der Waals surface area contributed by atoms with Gasteiger partial charge in [0.15, 0.2) is 0 Å². The Morgan fingerprint density at radius 2 is 1.86 bits per heavy atom. The highest BCUT2D eigenvalue weighted by molar-refractivity contribution is 5.96. The lowest BCUT2D eigenvalue weighted by atomic mass is 10.00. The first-order chi connectivity index (χ1) is 13.6. The minimum absolute atomic E-state index is 0.0803. The molecular formula is C20H19F4N3O2. The van der Waals surface area contributed by atoms with Gasteiger partial charge in [0.05, 0.1) is 17.7 Å². The summed E-state index contributed by atoms with van der Waals surface area (Å²) in [7, 11) is 0. The van der Waals surface area contributed by atoms with Gasteiger partial charge in [-0.3, -0.25) is 14.6 Å². The second kappa shape index (κ2) is 8.18. The molecule has 2 N–H and O–H groups in total. The predicted molar refractivity (Wildman–Crippen MR) is 97.9 cm³/mol. The van der Waals surface area contributed by atoms with Gasteiger partial charge in [0.1, 0.15) is 5.82 Å². The van der Waals surface area contributed by atoms with Crippen molar-refractivity contribution in [2.75, 3.05) is 6.54 Å². The zero-order valence-corrected chi connectivity index (χ0v) is 15.6. The van der Waals surface area contributed by atoms with E-state index in [0.29, 0.717) is 16.8 Å². The van der Waals surface area contributed by atoms with Crippen molar-refractivity contribution in [1.29, 1.82) is 0 Å². The third-order valence-electron chi connectivity index (χ3n) is 4.51. The van der Waals surface area contributed by atoms with Gasteiger partial charge in [-0.2, -0.15) is 13.2 Å². The summed E-state index contributed by atoms with van der Waals surface area (Å²) in [6.07, 6.45) is -2.47. The monoisotopic (exact) mass is 409 g/mol. The van der Waals surface area contributed by atoms with E-state index in [2.05, 4.69) is 15.6 Å². The van der Waals surface area contributed by atoms with Crippen LogP contribution in [-0.4, -0.2) is 35.6 Å². The average Bonchev–Trinajstić information content (AvgIpc) is 3.47. The van der Waals surface area contributed by atoms with E-state index in [4.69, 9.17) is 0 Å². The van der Waals surface area contributed by atoms with Crippen molar-refractivity contribution < 1.29 is 27.2 Å². The number of amides is 2. The van der Waals surface area contributed by atoms with E-state index >= 15 is 0 Å². The number of pyridine rings is 1. The normalized spacial score (nSPS) is 13.8. The zero-order chi connectivity index (χ0) is 21.2. The fourth-order valence-electron chi connectivity index (χ4n) is 2.68. The minimum Gasteiger partial charge on any atom is -0.352 e. The minimum atomic E-state index is -4.35. The molecular weight excluding hydrogens is 390 g/mol. The fraction of sp³-hybridized carbons (Fsp3) is 0.350. The SMILES string of the molecule is Cc1c(F)cc(C(=O)NC2CC2)cc1-c1ccc(C(=O)NCCC(F)(F)F)cn1. The van der Waals surface area contributed by atoms with E-state index in [0.717, 1.165) is 12.8 Å². The number of rotatable bonds is 6. The number of carbonyl (C=O) groups excluding carboxylic acids is 2. The van der Waals surface area contributed by atoms with Gasteiger partial charge >= 0.3 is 6.18 Å². The molecule has 1 aromatic carbocycles. The zero-order valence-electron chi connectivity index (χ0n) is 15.6. The maximum Gasteiger partial charge on any atom is 0.390 e. The number of hydrogen-bond donors (Lipinski definition) is 2. The van der Waals surface area contributed by atoms with Crippen molar-refractivity contribution in [3.05, 3.63) is 53.0 Å². The predicted octanol–water partition coefficient (Wildman–Crippen LogP) is 3.77. The van der Waals surface area contributed by atoms with Gasteiger partial charge in [0.25, 0.3) is 11.8 Å². The Balaban J connectivity index is 1.75. The topological polar surface area (TPSA) is 71.1 Å². The molecule has 9 heteroatoms. The second-order valence-corrected chi connectivity index (χ2v) is 6.93. The largest absolute Gasteiger partial charge is 0.390 e. The number of halogens is 4. The number of alkyl halides is 3. The molecule has 2 amide bonds. The molecule has 1 aliphatic rings. The molecule has 0 unspecified atom stereocenters. The van der Waals surface area contributed by atoms with Crippen molar-refractivity contribution in [2.24, 2.45) is 0 Å². The molecule has 2 aromatic rings. The van der Waals surface area contributed by atoms with Crippen LogP contribution in [0.2, 0.25) is 0 Å². The van der Waals surface area contributed by atoms with E-state index in [1.165, 1.54) is 30.5 Å². The van der Waals surface area contributed by atoms with Gasteiger partial charge in [-0.05, 0) is 49.6 Å². The molecule has 0 radical (unpaired) electrons. The standard InChI is InChI=1S/C20H19F4N3O2/c1-11-15(8-13(9-16(11)21)19(29)27-14-3-4-14)17-5-2-12(10-26-17)18(28)25-7-6-20(22,23)24/h2,5,8-10,14H,3-4,6-7H2,1H3,(H,25,28)(H,27,29). The van der Waals surface area contributed by atoms with Crippen LogP contribution in [-0.2, 0) is 0 Å². The molecule has 1 saturated carbocycles. The number of carbonyl (C=O) groups is 2. The Kier molecular flexibility index (Phi) is 5.86. The second-order valence-electron chi connectivity index (χ2n) is 6.93. The maximum absolute atomic E-state index is 14.3. The molecule has 1 fully saturated rings. The number of nitrogens with one attached hydrogen (secondary N) is 2. The van der Waals surface area contributed by atoms with Crippen molar-refractivity contribution in [3.63, 3.8) is 0 Å². The number of benzene rings is 1. The molecule has 154 valence electrons. The maximum atomic E-state index is 14.3.